The van der Waals surface area contributed by atoms with Gasteiger partial charge in [0, 0.05) is 6.20 Å². The van der Waals surface area contributed by atoms with Gasteiger partial charge in [0.2, 0.25) is 0 Å². The quantitative estimate of drug-likeness (QED) is 0.697. The van der Waals surface area contributed by atoms with E-state index in [9.17, 15) is 0 Å². The first kappa shape index (κ1) is 9.81. The molecule has 1 aliphatic carbocycles. The zero-order chi connectivity index (χ0) is 7.68. The lowest BCUT2D eigenvalue weighted by Crippen LogP contribution is -2.17. The maximum absolute atomic E-state index is 5.59. The first-order valence-corrected chi connectivity index (χ1v) is 4.40. The summed E-state index contributed by atoms with van der Waals surface area (Å²) in [6.45, 7) is 0. The van der Waals surface area contributed by atoms with Crippen molar-refractivity contribution in [2.24, 2.45) is 0 Å². The highest BCUT2D eigenvalue weighted by atomic mass is 35.5. The first-order chi connectivity index (χ1) is 5.40. The molecule has 0 spiro atoms. The van der Waals surface area contributed by atoms with E-state index in [0.717, 1.165) is 5.69 Å². The number of aromatic nitrogens is 3. The fourth-order valence-electron chi connectivity index (χ4n) is 1.20. The van der Waals surface area contributed by atoms with Crippen molar-refractivity contribution in [2.45, 2.75) is 31.2 Å². The molecule has 0 bridgehead atoms. The Morgan fingerprint density at radius 3 is 2.75 bits per heavy atom. The summed E-state index contributed by atoms with van der Waals surface area (Å²) in [5, 5.41) is 7.91. The number of hydrogen-bond donors (Lipinski definition) is 0. The van der Waals surface area contributed by atoms with Gasteiger partial charge in [-0.05, 0) is 19.3 Å². The Morgan fingerprint density at radius 2 is 2.33 bits per heavy atom. The third-order valence-electron chi connectivity index (χ3n) is 2.14. The maximum atomic E-state index is 5.59. The lowest BCUT2D eigenvalue weighted by Gasteiger charge is -2.24. The molecule has 0 unspecified atom stereocenters. The Bertz CT molecular complexity index is 245. The molecule has 3 nitrogen and oxygen atoms in total. The minimum Gasteiger partial charge on any atom is -0.249 e. The average molecular weight is 208 g/mol. The van der Waals surface area contributed by atoms with E-state index in [1.165, 1.54) is 19.3 Å². The molecule has 12 heavy (non-hydrogen) atoms. The molecule has 1 aromatic rings. The molecular formula is C7H11Cl2N3. The van der Waals surface area contributed by atoms with Gasteiger partial charge in [0.05, 0.1) is 17.6 Å². The minimum atomic E-state index is 0. The lowest BCUT2D eigenvalue weighted by molar-refractivity contribution is 0.284. The SMILES string of the molecule is Cl.ClCc1cn(C2CCC2)nn1. The summed E-state index contributed by atoms with van der Waals surface area (Å²) in [5.41, 5.74) is 0.874. The van der Waals surface area contributed by atoms with E-state index in [1.54, 1.807) is 0 Å². The first-order valence-electron chi connectivity index (χ1n) is 3.87. The summed E-state index contributed by atoms with van der Waals surface area (Å²) in [7, 11) is 0. The van der Waals surface area contributed by atoms with E-state index in [4.69, 9.17) is 11.6 Å². The highest BCUT2D eigenvalue weighted by molar-refractivity contribution is 6.16. The predicted octanol–water partition coefficient (Wildman–Crippen LogP) is 2.16. The van der Waals surface area contributed by atoms with E-state index in [-0.39, 0.29) is 12.4 Å². The molecule has 0 radical (unpaired) electrons. The lowest BCUT2D eigenvalue weighted by atomic mass is 9.93. The highest BCUT2D eigenvalue weighted by Crippen LogP contribution is 2.30. The molecule has 1 aromatic heterocycles. The van der Waals surface area contributed by atoms with Crippen LogP contribution >= 0.6 is 24.0 Å². The molecule has 5 heteroatoms. The molecule has 0 atom stereocenters. The van der Waals surface area contributed by atoms with E-state index in [2.05, 4.69) is 10.3 Å². The Morgan fingerprint density at radius 1 is 1.58 bits per heavy atom. The van der Waals surface area contributed by atoms with Gasteiger partial charge in [-0.3, -0.25) is 0 Å². The molecule has 68 valence electrons. The molecule has 2 rings (SSSR count). The summed E-state index contributed by atoms with van der Waals surface area (Å²) in [6.07, 6.45) is 5.74. The molecule has 0 aliphatic heterocycles. The molecular weight excluding hydrogens is 197 g/mol. The van der Waals surface area contributed by atoms with E-state index in [0.29, 0.717) is 11.9 Å². The summed E-state index contributed by atoms with van der Waals surface area (Å²) in [5.74, 6) is 0.465. The van der Waals surface area contributed by atoms with Crippen LogP contribution < -0.4 is 0 Å². The van der Waals surface area contributed by atoms with Crippen molar-refractivity contribution < 1.29 is 0 Å². The van der Waals surface area contributed by atoms with Gasteiger partial charge in [-0.2, -0.15) is 0 Å². The van der Waals surface area contributed by atoms with Crippen molar-refractivity contribution >= 4 is 24.0 Å². The van der Waals surface area contributed by atoms with Crippen LogP contribution in [-0.4, -0.2) is 15.0 Å². The Kier molecular flexibility index (Phi) is 3.35. The van der Waals surface area contributed by atoms with Crippen molar-refractivity contribution in [3.8, 4) is 0 Å². The summed E-state index contributed by atoms with van der Waals surface area (Å²) in [4.78, 5) is 0. The maximum Gasteiger partial charge on any atom is 0.0974 e. The number of alkyl halides is 1. The van der Waals surface area contributed by atoms with Crippen molar-refractivity contribution in [1.82, 2.24) is 15.0 Å². The monoisotopic (exact) mass is 207 g/mol. The molecule has 1 heterocycles. The molecule has 1 saturated carbocycles. The summed E-state index contributed by atoms with van der Waals surface area (Å²) >= 11 is 5.59. The number of hydrogen-bond acceptors (Lipinski definition) is 2. The van der Waals surface area contributed by atoms with Gasteiger partial charge < -0.3 is 0 Å². The fraction of sp³-hybridized carbons (Fsp3) is 0.714. The number of halogens is 2. The van der Waals surface area contributed by atoms with Crippen LogP contribution in [0.2, 0.25) is 0 Å². The van der Waals surface area contributed by atoms with Crippen LogP contribution in [0.25, 0.3) is 0 Å². The van der Waals surface area contributed by atoms with E-state index < -0.39 is 0 Å². The topological polar surface area (TPSA) is 30.7 Å². The van der Waals surface area contributed by atoms with Crippen LogP contribution in [0.4, 0.5) is 0 Å². The van der Waals surface area contributed by atoms with Crippen LogP contribution in [0.15, 0.2) is 6.20 Å². The Hall–Kier alpha value is -0.280. The number of rotatable bonds is 2. The van der Waals surface area contributed by atoms with Crippen molar-refractivity contribution in [3.63, 3.8) is 0 Å². The van der Waals surface area contributed by atoms with Gasteiger partial charge in [-0.25, -0.2) is 4.68 Å². The van der Waals surface area contributed by atoms with Crippen LogP contribution in [0.1, 0.15) is 31.0 Å². The highest BCUT2D eigenvalue weighted by Gasteiger charge is 2.20. The largest absolute Gasteiger partial charge is 0.249 e. The third kappa shape index (κ3) is 1.72. The van der Waals surface area contributed by atoms with Gasteiger partial charge in [0.1, 0.15) is 0 Å². The molecule has 0 saturated heterocycles. The second kappa shape index (κ2) is 4.10. The van der Waals surface area contributed by atoms with E-state index in [1.807, 2.05) is 10.9 Å². The third-order valence-corrected chi connectivity index (χ3v) is 2.42. The zero-order valence-electron chi connectivity index (χ0n) is 6.61. The van der Waals surface area contributed by atoms with Crippen molar-refractivity contribution in [2.75, 3.05) is 0 Å². The standard InChI is InChI=1S/C7H10ClN3.ClH/c8-4-6-5-11(10-9-6)7-2-1-3-7;/h5,7H,1-4H2;1H. The Balaban J connectivity index is 0.000000720. The van der Waals surface area contributed by atoms with Crippen molar-refractivity contribution in [1.29, 1.82) is 0 Å². The normalized spacial score (nSPS) is 16.8. The van der Waals surface area contributed by atoms with E-state index >= 15 is 0 Å². The van der Waals surface area contributed by atoms with Gasteiger partial charge in [-0.15, -0.1) is 29.1 Å². The number of nitrogens with zero attached hydrogens (tertiary/aromatic N) is 3. The molecule has 1 fully saturated rings. The smallest absolute Gasteiger partial charge is 0.0974 e. The van der Waals surface area contributed by atoms with Crippen LogP contribution in [0, 0.1) is 0 Å². The second-order valence-corrected chi connectivity index (χ2v) is 3.18. The Labute approximate surface area is 82.5 Å². The van der Waals surface area contributed by atoms with Gasteiger partial charge >= 0.3 is 0 Å². The van der Waals surface area contributed by atoms with Crippen LogP contribution in [0.5, 0.6) is 0 Å². The van der Waals surface area contributed by atoms with Crippen LogP contribution in [0.3, 0.4) is 0 Å². The van der Waals surface area contributed by atoms with Crippen LogP contribution in [-0.2, 0) is 5.88 Å². The minimum absolute atomic E-state index is 0. The van der Waals surface area contributed by atoms with Gasteiger partial charge in [-0.1, -0.05) is 5.21 Å². The molecule has 0 amide bonds. The van der Waals surface area contributed by atoms with Gasteiger partial charge in [0.15, 0.2) is 0 Å². The predicted molar refractivity (Wildman–Crippen MR) is 49.7 cm³/mol. The van der Waals surface area contributed by atoms with Crippen molar-refractivity contribution in [3.05, 3.63) is 11.9 Å². The zero-order valence-corrected chi connectivity index (χ0v) is 8.18. The molecule has 0 N–H and O–H groups in total. The summed E-state index contributed by atoms with van der Waals surface area (Å²) < 4.78 is 1.93. The molecule has 0 aromatic carbocycles. The molecule has 1 aliphatic rings. The fourth-order valence-corrected chi connectivity index (χ4v) is 1.33. The second-order valence-electron chi connectivity index (χ2n) is 2.91. The summed E-state index contributed by atoms with van der Waals surface area (Å²) in [6, 6.07) is 0.597. The average Bonchev–Trinajstić information content (AvgIpc) is 2.32. The van der Waals surface area contributed by atoms with Gasteiger partial charge in [0.25, 0.3) is 0 Å².